The standard InChI is InChI=1S/C30H33BrFN3O5/c1-35(2)13-12-30(36,22-16-26(39-5)33-17-25(22)38-4)27(20-8-7-9-24(37-3)28(20)32)21-15-18-14-19(31)10-11-23(18)34-29(21)40-6/h7-11,14-17,27,36H,12-13H2,1-6H3. The van der Waals surface area contributed by atoms with Crippen molar-refractivity contribution < 1.29 is 28.4 Å². The van der Waals surface area contributed by atoms with Gasteiger partial charge in [0.2, 0.25) is 11.8 Å². The molecule has 0 fully saturated rings. The van der Waals surface area contributed by atoms with Crippen molar-refractivity contribution in [2.24, 2.45) is 0 Å². The minimum atomic E-state index is -1.76. The van der Waals surface area contributed by atoms with Gasteiger partial charge in [-0.25, -0.2) is 14.4 Å². The highest BCUT2D eigenvalue weighted by Crippen LogP contribution is 2.51. The first-order valence-corrected chi connectivity index (χ1v) is 13.4. The van der Waals surface area contributed by atoms with Crippen molar-refractivity contribution in [3.8, 4) is 23.3 Å². The third-order valence-corrected chi connectivity index (χ3v) is 7.45. The van der Waals surface area contributed by atoms with Crippen molar-refractivity contribution in [2.45, 2.75) is 17.9 Å². The molecule has 0 bridgehead atoms. The SMILES string of the molecule is COc1cc(C(O)(CCN(C)C)C(c2cc3cc(Br)ccc3nc2OC)c2cccc(OC)c2F)c(OC)cn1. The van der Waals surface area contributed by atoms with E-state index in [2.05, 4.69) is 20.9 Å². The summed E-state index contributed by atoms with van der Waals surface area (Å²) in [5.74, 6) is -0.719. The Hall–Kier alpha value is -3.47. The van der Waals surface area contributed by atoms with Crippen LogP contribution in [0.3, 0.4) is 0 Å². The van der Waals surface area contributed by atoms with Crippen LogP contribution in [0.4, 0.5) is 4.39 Å². The lowest BCUT2D eigenvalue weighted by atomic mass is 9.71. The first-order valence-electron chi connectivity index (χ1n) is 12.6. The van der Waals surface area contributed by atoms with E-state index >= 15 is 4.39 Å². The Balaban J connectivity index is 2.14. The quantitative estimate of drug-likeness (QED) is 0.236. The number of hydrogen-bond acceptors (Lipinski definition) is 8. The monoisotopic (exact) mass is 613 g/mol. The molecule has 0 spiro atoms. The van der Waals surface area contributed by atoms with Crippen LogP contribution in [0.15, 0.2) is 59.2 Å². The number of halogens is 2. The molecule has 2 unspecified atom stereocenters. The Labute approximate surface area is 241 Å². The lowest BCUT2D eigenvalue weighted by Crippen LogP contribution is -2.38. The average molecular weight is 615 g/mol. The summed E-state index contributed by atoms with van der Waals surface area (Å²) in [4.78, 5) is 11.0. The smallest absolute Gasteiger partial charge is 0.217 e. The largest absolute Gasteiger partial charge is 0.495 e. The van der Waals surface area contributed by atoms with Gasteiger partial charge in [0.05, 0.1) is 46.1 Å². The summed E-state index contributed by atoms with van der Waals surface area (Å²) in [5.41, 5.74) is 0.00133. The fourth-order valence-corrected chi connectivity index (χ4v) is 5.35. The van der Waals surface area contributed by atoms with Gasteiger partial charge in [-0.1, -0.05) is 28.1 Å². The number of aliphatic hydroxyl groups is 1. The summed E-state index contributed by atoms with van der Waals surface area (Å²) in [6.45, 7) is 0.460. The topological polar surface area (TPSA) is 86.2 Å². The first-order chi connectivity index (χ1) is 19.2. The molecule has 0 radical (unpaired) electrons. The van der Waals surface area contributed by atoms with E-state index in [1.165, 1.54) is 40.7 Å². The molecule has 212 valence electrons. The molecule has 4 rings (SSSR count). The van der Waals surface area contributed by atoms with Crippen LogP contribution in [0.1, 0.15) is 29.0 Å². The zero-order valence-corrected chi connectivity index (χ0v) is 25.0. The van der Waals surface area contributed by atoms with Crippen molar-refractivity contribution in [1.82, 2.24) is 14.9 Å². The van der Waals surface area contributed by atoms with E-state index in [1.807, 2.05) is 43.3 Å². The maximum atomic E-state index is 16.2. The number of aromatic nitrogens is 2. The number of fused-ring (bicyclic) bond motifs is 1. The van der Waals surface area contributed by atoms with Crippen molar-refractivity contribution in [3.05, 3.63) is 81.7 Å². The van der Waals surface area contributed by atoms with E-state index in [4.69, 9.17) is 23.9 Å². The van der Waals surface area contributed by atoms with Gasteiger partial charge in [0, 0.05) is 39.2 Å². The molecule has 0 saturated carbocycles. The number of ether oxygens (including phenoxy) is 4. The highest BCUT2D eigenvalue weighted by molar-refractivity contribution is 9.10. The summed E-state index contributed by atoms with van der Waals surface area (Å²) in [6.07, 6.45) is 1.67. The molecule has 0 saturated heterocycles. The number of nitrogens with zero attached hydrogens (tertiary/aromatic N) is 3. The summed E-state index contributed by atoms with van der Waals surface area (Å²) in [7, 11) is 9.70. The highest BCUT2D eigenvalue weighted by Gasteiger charge is 2.46. The van der Waals surface area contributed by atoms with Gasteiger partial charge in [0.25, 0.3) is 0 Å². The Morgan fingerprint density at radius 1 is 0.950 bits per heavy atom. The van der Waals surface area contributed by atoms with Crippen molar-refractivity contribution in [1.29, 1.82) is 0 Å². The molecule has 4 aromatic rings. The Morgan fingerprint density at radius 2 is 1.70 bits per heavy atom. The summed E-state index contributed by atoms with van der Waals surface area (Å²) in [6, 6.07) is 14.0. The Kier molecular flexibility index (Phi) is 9.12. The van der Waals surface area contributed by atoms with Crippen LogP contribution in [0.5, 0.6) is 23.3 Å². The van der Waals surface area contributed by atoms with Crippen LogP contribution in [0.25, 0.3) is 10.9 Å². The summed E-state index contributed by atoms with van der Waals surface area (Å²) in [5, 5.41) is 13.8. The van der Waals surface area contributed by atoms with E-state index in [9.17, 15) is 5.11 Å². The van der Waals surface area contributed by atoms with Gasteiger partial charge in [-0.15, -0.1) is 0 Å². The predicted molar refractivity (Wildman–Crippen MR) is 155 cm³/mol. The van der Waals surface area contributed by atoms with Crippen LogP contribution in [-0.4, -0.2) is 69.1 Å². The zero-order valence-electron chi connectivity index (χ0n) is 23.4. The van der Waals surface area contributed by atoms with Crippen molar-refractivity contribution in [3.63, 3.8) is 0 Å². The summed E-state index contributed by atoms with van der Waals surface area (Å²) >= 11 is 3.53. The molecule has 0 amide bonds. The number of hydrogen-bond donors (Lipinski definition) is 1. The molecule has 0 aliphatic heterocycles. The Morgan fingerprint density at radius 3 is 2.35 bits per heavy atom. The molecule has 2 heterocycles. The molecule has 0 aliphatic carbocycles. The van der Waals surface area contributed by atoms with Crippen LogP contribution < -0.4 is 18.9 Å². The van der Waals surface area contributed by atoms with Crippen LogP contribution in [0, 0.1) is 5.82 Å². The van der Waals surface area contributed by atoms with Crippen molar-refractivity contribution in [2.75, 3.05) is 49.1 Å². The molecule has 0 aliphatic rings. The molecular formula is C30H33BrFN3O5. The second-order valence-corrected chi connectivity index (χ2v) is 10.5. The minimum Gasteiger partial charge on any atom is -0.495 e. The molecule has 10 heteroatoms. The molecular weight excluding hydrogens is 581 g/mol. The van der Waals surface area contributed by atoms with Gasteiger partial charge in [0.1, 0.15) is 11.4 Å². The first kappa shape index (κ1) is 29.5. The fourth-order valence-electron chi connectivity index (χ4n) is 4.97. The second-order valence-electron chi connectivity index (χ2n) is 9.62. The van der Waals surface area contributed by atoms with Gasteiger partial charge < -0.3 is 29.0 Å². The number of pyridine rings is 2. The van der Waals surface area contributed by atoms with Gasteiger partial charge in [-0.05, 0) is 50.8 Å². The van der Waals surface area contributed by atoms with Gasteiger partial charge in [0.15, 0.2) is 11.6 Å². The lowest BCUT2D eigenvalue weighted by molar-refractivity contribution is 0.000514. The number of benzene rings is 2. The van der Waals surface area contributed by atoms with E-state index in [0.717, 1.165) is 9.86 Å². The second kappa shape index (κ2) is 12.4. The fraction of sp³-hybridized carbons (Fsp3) is 0.333. The maximum Gasteiger partial charge on any atom is 0.217 e. The number of methoxy groups -OCH3 is 4. The minimum absolute atomic E-state index is 0.0483. The third-order valence-electron chi connectivity index (χ3n) is 6.95. The van der Waals surface area contributed by atoms with E-state index < -0.39 is 17.3 Å². The molecule has 40 heavy (non-hydrogen) atoms. The van der Waals surface area contributed by atoms with E-state index in [1.54, 1.807) is 18.2 Å². The van der Waals surface area contributed by atoms with Gasteiger partial charge in [-0.2, -0.15) is 0 Å². The van der Waals surface area contributed by atoms with Crippen LogP contribution in [0.2, 0.25) is 0 Å². The molecule has 2 aromatic carbocycles. The van der Waals surface area contributed by atoms with Gasteiger partial charge in [-0.3, -0.25) is 0 Å². The van der Waals surface area contributed by atoms with Gasteiger partial charge >= 0.3 is 0 Å². The van der Waals surface area contributed by atoms with Crippen molar-refractivity contribution >= 4 is 26.8 Å². The third kappa shape index (κ3) is 5.70. The maximum absolute atomic E-state index is 16.2. The van der Waals surface area contributed by atoms with E-state index in [-0.39, 0.29) is 29.5 Å². The molecule has 2 aromatic heterocycles. The molecule has 8 nitrogen and oxygen atoms in total. The van der Waals surface area contributed by atoms with Crippen LogP contribution in [-0.2, 0) is 5.60 Å². The van der Waals surface area contributed by atoms with E-state index in [0.29, 0.717) is 28.9 Å². The molecule has 1 N–H and O–H groups in total. The highest BCUT2D eigenvalue weighted by atomic mass is 79.9. The average Bonchev–Trinajstić information content (AvgIpc) is 2.96. The molecule has 2 atom stereocenters. The Bertz CT molecular complexity index is 1500. The predicted octanol–water partition coefficient (Wildman–Crippen LogP) is 5.54. The summed E-state index contributed by atoms with van der Waals surface area (Å²) < 4.78 is 39.3. The number of rotatable bonds is 11. The van der Waals surface area contributed by atoms with Crippen LogP contribution >= 0.6 is 15.9 Å². The normalized spacial score (nSPS) is 13.7. The lowest BCUT2D eigenvalue weighted by Gasteiger charge is -2.39. The zero-order chi connectivity index (χ0) is 29.0.